The molecule has 0 spiro atoms. The third-order valence-corrected chi connectivity index (χ3v) is 4.26. The molecule has 0 saturated heterocycles. The zero-order valence-electron chi connectivity index (χ0n) is 12.3. The first kappa shape index (κ1) is 15.6. The van der Waals surface area contributed by atoms with E-state index in [1.165, 1.54) is 11.8 Å². The number of thioether (sulfide) groups is 1. The van der Waals surface area contributed by atoms with Gasteiger partial charge in [0.2, 0.25) is 0 Å². The second-order valence-corrected chi connectivity index (χ2v) is 5.92. The molecule has 2 aromatic rings. The lowest BCUT2D eigenvalue weighted by atomic mass is 10.1. The number of imidazole rings is 1. The van der Waals surface area contributed by atoms with E-state index in [0.29, 0.717) is 6.04 Å². The molecule has 0 bridgehead atoms. The number of nitrogens with zero attached hydrogens (tertiary/aromatic N) is 2. The van der Waals surface area contributed by atoms with Gasteiger partial charge < -0.3 is 9.67 Å². The summed E-state index contributed by atoms with van der Waals surface area (Å²) in [4.78, 5) is 15.2. The Bertz CT molecular complexity index is 596. The van der Waals surface area contributed by atoms with E-state index in [2.05, 4.69) is 35.5 Å². The summed E-state index contributed by atoms with van der Waals surface area (Å²) < 4.78 is 2.16. The van der Waals surface area contributed by atoms with Gasteiger partial charge in [-0.2, -0.15) is 0 Å². The third kappa shape index (κ3) is 3.88. The summed E-state index contributed by atoms with van der Waals surface area (Å²) in [5, 5.41) is 9.65. The molecule has 0 amide bonds. The van der Waals surface area contributed by atoms with Crippen molar-refractivity contribution in [2.24, 2.45) is 0 Å². The molecule has 4 nitrogen and oxygen atoms in total. The number of carboxylic acid groups (broad SMARTS) is 1. The van der Waals surface area contributed by atoms with Crippen LogP contribution in [0.5, 0.6) is 0 Å². The maximum atomic E-state index is 10.8. The molecule has 0 aliphatic carbocycles. The zero-order valence-corrected chi connectivity index (χ0v) is 13.1. The van der Waals surface area contributed by atoms with Gasteiger partial charge in [-0.25, -0.2) is 4.98 Å². The van der Waals surface area contributed by atoms with Crippen molar-refractivity contribution < 1.29 is 9.90 Å². The minimum atomic E-state index is -0.820. The molecule has 0 saturated carbocycles. The van der Waals surface area contributed by atoms with Crippen LogP contribution < -0.4 is 0 Å². The lowest BCUT2D eigenvalue weighted by molar-refractivity contribution is -0.133. The molecular weight excluding hydrogens is 284 g/mol. The van der Waals surface area contributed by atoms with E-state index in [4.69, 9.17) is 5.11 Å². The van der Waals surface area contributed by atoms with Crippen LogP contribution in [0.3, 0.4) is 0 Å². The van der Waals surface area contributed by atoms with E-state index in [-0.39, 0.29) is 5.75 Å². The number of aliphatic carboxylic acids is 1. The minimum Gasteiger partial charge on any atom is -0.481 e. The Hall–Kier alpha value is -1.75. The van der Waals surface area contributed by atoms with Crippen molar-refractivity contribution in [2.45, 2.75) is 37.9 Å². The molecule has 1 aromatic heterocycles. The molecule has 0 aliphatic heterocycles. The van der Waals surface area contributed by atoms with E-state index in [1.807, 2.05) is 24.4 Å². The number of hydrogen-bond acceptors (Lipinski definition) is 3. The molecule has 0 radical (unpaired) electrons. The Labute approximate surface area is 129 Å². The van der Waals surface area contributed by atoms with E-state index in [0.717, 1.165) is 29.3 Å². The summed E-state index contributed by atoms with van der Waals surface area (Å²) in [6, 6.07) is 10.4. The van der Waals surface area contributed by atoms with Crippen molar-refractivity contribution in [3.05, 3.63) is 36.5 Å². The topological polar surface area (TPSA) is 55.1 Å². The highest BCUT2D eigenvalue weighted by atomic mass is 32.2. The number of carbonyl (C=O) groups is 1. The van der Waals surface area contributed by atoms with Crippen LogP contribution in [0, 0.1) is 0 Å². The lowest BCUT2D eigenvalue weighted by Crippen LogP contribution is -2.09. The Morgan fingerprint density at radius 2 is 2.10 bits per heavy atom. The highest BCUT2D eigenvalue weighted by Gasteiger charge is 2.17. The summed E-state index contributed by atoms with van der Waals surface area (Å²) in [5.41, 5.74) is 2.15. The molecule has 21 heavy (non-hydrogen) atoms. The first-order valence-electron chi connectivity index (χ1n) is 7.10. The summed E-state index contributed by atoms with van der Waals surface area (Å²) in [6.45, 7) is 4.31. The summed E-state index contributed by atoms with van der Waals surface area (Å²) in [5.74, 6) is -0.789. The summed E-state index contributed by atoms with van der Waals surface area (Å²) >= 11 is 1.28. The molecule has 1 aromatic carbocycles. The van der Waals surface area contributed by atoms with Crippen LogP contribution in [0.2, 0.25) is 0 Å². The normalized spacial score (nSPS) is 12.3. The number of carboxylic acids is 1. The average Bonchev–Trinajstić information content (AvgIpc) is 2.90. The van der Waals surface area contributed by atoms with Gasteiger partial charge >= 0.3 is 5.97 Å². The van der Waals surface area contributed by atoms with Crippen molar-refractivity contribution >= 4 is 17.7 Å². The molecule has 1 heterocycles. The summed E-state index contributed by atoms with van der Waals surface area (Å²) in [7, 11) is 0. The highest BCUT2D eigenvalue weighted by molar-refractivity contribution is 7.99. The Morgan fingerprint density at radius 3 is 2.71 bits per heavy atom. The van der Waals surface area contributed by atoms with Crippen LogP contribution in [-0.4, -0.2) is 26.4 Å². The fourth-order valence-electron chi connectivity index (χ4n) is 2.37. The average molecular weight is 304 g/mol. The lowest BCUT2D eigenvalue weighted by Gasteiger charge is -2.18. The molecule has 5 heteroatoms. The van der Waals surface area contributed by atoms with Gasteiger partial charge in [-0.05, 0) is 18.9 Å². The molecular formula is C16H20N2O2S. The predicted molar refractivity (Wildman–Crippen MR) is 85.6 cm³/mol. The Kier molecular flexibility index (Phi) is 5.44. The third-order valence-electron chi connectivity index (χ3n) is 3.30. The quantitative estimate of drug-likeness (QED) is 0.783. The SMILES string of the molecule is CCCC(C)n1c(-c2ccccc2)cnc1SCC(=O)O. The monoisotopic (exact) mass is 304 g/mol. The van der Waals surface area contributed by atoms with Crippen LogP contribution in [0.15, 0.2) is 41.7 Å². The van der Waals surface area contributed by atoms with Crippen LogP contribution in [-0.2, 0) is 4.79 Å². The van der Waals surface area contributed by atoms with Gasteiger partial charge in [0.25, 0.3) is 0 Å². The van der Waals surface area contributed by atoms with Gasteiger partial charge in [0.1, 0.15) is 0 Å². The van der Waals surface area contributed by atoms with Gasteiger partial charge in [0, 0.05) is 6.04 Å². The van der Waals surface area contributed by atoms with E-state index >= 15 is 0 Å². The fourth-order valence-corrected chi connectivity index (χ4v) is 3.17. The van der Waals surface area contributed by atoms with Gasteiger partial charge in [0.15, 0.2) is 5.16 Å². The second kappa shape index (κ2) is 7.31. The molecule has 1 unspecified atom stereocenters. The van der Waals surface area contributed by atoms with Crippen molar-refractivity contribution in [2.75, 3.05) is 5.75 Å². The molecule has 112 valence electrons. The van der Waals surface area contributed by atoms with E-state index < -0.39 is 5.97 Å². The number of hydrogen-bond donors (Lipinski definition) is 1. The van der Waals surface area contributed by atoms with Gasteiger partial charge in [-0.1, -0.05) is 55.4 Å². The number of rotatable bonds is 7. The maximum Gasteiger partial charge on any atom is 0.313 e. The van der Waals surface area contributed by atoms with Crippen LogP contribution >= 0.6 is 11.8 Å². The molecule has 2 rings (SSSR count). The maximum absolute atomic E-state index is 10.8. The molecule has 0 aliphatic rings. The first-order valence-corrected chi connectivity index (χ1v) is 8.09. The van der Waals surface area contributed by atoms with Crippen LogP contribution in [0.1, 0.15) is 32.7 Å². The Morgan fingerprint density at radius 1 is 1.38 bits per heavy atom. The summed E-state index contributed by atoms with van der Waals surface area (Å²) in [6.07, 6.45) is 3.96. The predicted octanol–water partition coefficient (Wildman–Crippen LogP) is 4.09. The van der Waals surface area contributed by atoms with E-state index in [9.17, 15) is 4.79 Å². The van der Waals surface area contributed by atoms with Crippen molar-refractivity contribution in [3.63, 3.8) is 0 Å². The van der Waals surface area contributed by atoms with Gasteiger partial charge in [-0.15, -0.1) is 0 Å². The highest BCUT2D eigenvalue weighted by Crippen LogP contribution is 2.31. The molecule has 0 fully saturated rings. The standard InChI is InChI=1S/C16H20N2O2S/c1-3-7-12(2)18-14(13-8-5-4-6-9-13)10-17-16(18)21-11-15(19)20/h4-6,8-10,12H,3,7,11H2,1-2H3,(H,19,20). The van der Waals surface area contributed by atoms with Gasteiger partial charge in [-0.3, -0.25) is 4.79 Å². The van der Waals surface area contributed by atoms with E-state index in [1.54, 1.807) is 0 Å². The Balaban J connectivity index is 2.38. The molecule has 1 atom stereocenters. The van der Waals surface area contributed by atoms with Crippen LogP contribution in [0.4, 0.5) is 0 Å². The fraction of sp³-hybridized carbons (Fsp3) is 0.375. The largest absolute Gasteiger partial charge is 0.481 e. The van der Waals surface area contributed by atoms with Gasteiger partial charge in [0.05, 0.1) is 17.6 Å². The second-order valence-electron chi connectivity index (χ2n) is 4.98. The van der Waals surface area contributed by atoms with Crippen molar-refractivity contribution in [1.82, 2.24) is 9.55 Å². The zero-order chi connectivity index (χ0) is 15.2. The smallest absolute Gasteiger partial charge is 0.313 e. The molecule has 1 N–H and O–H groups in total. The minimum absolute atomic E-state index is 0.0318. The van der Waals surface area contributed by atoms with Crippen LogP contribution in [0.25, 0.3) is 11.3 Å². The van der Waals surface area contributed by atoms with Crippen molar-refractivity contribution in [1.29, 1.82) is 0 Å². The first-order chi connectivity index (χ1) is 10.1. The van der Waals surface area contributed by atoms with Crippen molar-refractivity contribution in [3.8, 4) is 11.3 Å². The number of benzene rings is 1. The number of aromatic nitrogens is 2.